The Bertz CT molecular complexity index is 842. The fourth-order valence-electron chi connectivity index (χ4n) is 3.50. The first-order valence-corrected chi connectivity index (χ1v) is 9.34. The second-order valence-corrected chi connectivity index (χ2v) is 7.26. The van der Waals surface area contributed by atoms with Gasteiger partial charge in [0.15, 0.2) is 0 Å². The minimum absolute atomic E-state index is 0. The molecule has 1 aliphatic heterocycles. The normalized spacial score (nSPS) is 18.0. The van der Waals surface area contributed by atoms with Crippen LogP contribution in [0.5, 0.6) is 0 Å². The lowest BCUT2D eigenvalue weighted by Gasteiger charge is -2.35. The van der Waals surface area contributed by atoms with E-state index in [4.69, 9.17) is 5.73 Å². The first kappa shape index (κ1) is 23.0. The van der Waals surface area contributed by atoms with Gasteiger partial charge in [-0.05, 0) is 56.0 Å². The number of alkyl halides is 3. The standard InChI is InChI=1S/C21H24F3N3O.ClH/c1-14(25)15-6-5-11-27(13-15)20(28)18-9-2-3-10-19(18)26-17-8-4-7-16(12-17)21(22,23)24;/h2-4,7-10,12,14-15,26H,5-6,11,13,25H2,1H3;1H. The number of nitrogens with two attached hydrogens (primary N) is 1. The number of nitrogens with zero attached hydrogens (tertiary/aromatic N) is 1. The molecule has 0 aliphatic carbocycles. The van der Waals surface area contributed by atoms with Crippen molar-refractivity contribution in [1.29, 1.82) is 0 Å². The molecule has 2 aromatic rings. The third kappa shape index (κ3) is 5.64. The summed E-state index contributed by atoms with van der Waals surface area (Å²) in [5.41, 5.74) is 6.46. The predicted molar refractivity (Wildman–Crippen MR) is 111 cm³/mol. The molecule has 0 radical (unpaired) electrons. The van der Waals surface area contributed by atoms with Crippen molar-refractivity contribution in [2.45, 2.75) is 32.0 Å². The molecule has 8 heteroatoms. The highest BCUT2D eigenvalue weighted by Gasteiger charge is 2.31. The summed E-state index contributed by atoms with van der Waals surface area (Å²) in [5, 5.41) is 2.97. The lowest BCUT2D eigenvalue weighted by Crippen LogP contribution is -2.45. The molecule has 0 aromatic heterocycles. The van der Waals surface area contributed by atoms with E-state index in [0.29, 0.717) is 24.3 Å². The summed E-state index contributed by atoms with van der Waals surface area (Å²) >= 11 is 0. The number of likely N-dealkylation sites (tertiary alicyclic amines) is 1. The number of nitrogens with one attached hydrogen (secondary N) is 1. The molecule has 1 aliphatic rings. The zero-order chi connectivity index (χ0) is 20.3. The number of hydrogen-bond donors (Lipinski definition) is 2. The smallest absolute Gasteiger partial charge is 0.355 e. The summed E-state index contributed by atoms with van der Waals surface area (Å²) in [4.78, 5) is 14.9. The monoisotopic (exact) mass is 427 g/mol. The van der Waals surface area contributed by atoms with E-state index in [-0.39, 0.29) is 36.0 Å². The van der Waals surface area contributed by atoms with Crippen molar-refractivity contribution in [2.75, 3.05) is 18.4 Å². The number of halogens is 4. The summed E-state index contributed by atoms with van der Waals surface area (Å²) in [6.45, 7) is 3.19. The van der Waals surface area contributed by atoms with Crippen LogP contribution in [0.15, 0.2) is 48.5 Å². The second-order valence-electron chi connectivity index (χ2n) is 7.26. The Balaban J connectivity index is 0.00000300. The quantitative estimate of drug-likeness (QED) is 0.716. The first-order chi connectivity index (χ1) is 13.3. The molecule has 2 atom stereocenters. The lowest BCUT2D eigenvalue weighted by molar-refractivity contribution is -0.137. The van der Waals surface area contributed by atoms with E-state index in [1.807, 2.05) is 6.92 Å². The first-order valence-electron chi connectivity index (χ1n) is 9.34. The summed E-state index contributed by atoms with van der Waals surface area (Å²) in [7, 11) is 0. The van der Waals surface area contributed by atoms with Gasteiger partial charge in [0, 0.05) is 24.8 Å². The number of piperidine rings is 1. The minimum Gasteiger partial charge on any atom is -0.355 e. The number of amides is 1. The zero-order valence-corrected chi connectivity index (χ0v) is 16.9. The molecule has 29 heavy (non-hydrogen) atoms. The van der Waals surface area contributed by atoms with Crippen LogP contribution in [0.25, 0.3) is 0 Å². The number of carbonyl (C=O) groups excluding carboxylic acids is 1. The summed E-state index contributed by atoms with van der Waals surface area (Å²) < 4.78 is 38.9. The molecule has 0 spiro atoms. The van der Waals surface area contributed by atoms with Crippen molar-refractivity contribution in [1.82, 2.24) is 4.90 Å². The average Bonchev–Trinajstić information content (AvgIpc) is 2.67. The van der Waals surface area contributed by atoms with Gasteiger partial charge in [-0.3, -0.25) is 4.79 Å². The van der Waals surface area contributed by atoms with Gasteiger partial charge in [0.1, 0.15) is 0 Å². The molecular weight excluding hydrogens is 403 g/mol. The molecule has 0 saturated carbocycles. The maximum Gasteiger partial charge on any atom is 0.416 e. The molecule has 158 valence electrons. The Hall–Kier alpha value is -2.25. The molecule has 2 aromatic carbocycles. The van der Waals surface area contributed by atoms with Gasteiger partial charge < -0.3 is 16.0 Å². The molecule has 0 bridgehead atoms. The van der Waals surface area contributed by atoms with Crippen LogP contribution in [-0.4, -0.2) is 29.9 Å². The molecule has 1 saturated heterocycles. The Morgan fingerprint density at radius 1 is 1.21 bits per heavy atom. The fraction of sp³-hybridized carbons (Fsp3) is 0.381. The van der Waals surface area contributed by atoms with Gasteiger partial charge in [-0.15, -0.1) is 12.4 Å². The largest absolute Gasteiger partial charge is 0.416 e. The number of carbonyl (C=O) groups is 1. The van der Waals surface area contributed by atoms with E-state index in [9.17, 15) is 18.0 Å². The van der Waals surface area contributed by atoms with Crippen LogP contribution >= 0.6 is 12.4 Å². The van der Waals surface area contributed by atoms with Crippen LogP contribution < -0.4 is 11.1 Å². The van der Waals surface area contributed by atoms with Crippen molar-refractivity contribution < 1.29 is 18.0 Å². The molecule has 3 N–H and O–H groups in total. The van der Waals surface area contributed by atoms with Crippen molar-refractivity contribution in [2.24, 2.45) is 11.7 Å². The van der Waals surface area contributed by atoms with Gasteiger partial charge in [0.05, 0.1) is 16.8 Å². The highest BCUT2D eigenvalue weighted by Crippen LogP contribution is 2.32. The van der Waals surface area contributed by atoms with Crippen LogP contribution in [0.1, 0.15) is 35.7 Å². The van der Waals surface area contributed by atoms with E-state index in [0.717, 1.165) is 25.0 Å². The molecule has 1 heterocycles. The zero-order valence-electron chi connectivity index (χ0n) is 16.1. The average molecular weight is 428 g/mol. The highest BCUT2D eigenvalue weighted by atomic mass is 35.5. The number of rotatable bonds is 4. The van der Waals surface area contributed by atoms with Crippen LogP contribution in [0.4, 0.5) is 24.5 Å². The fourth-order valence-corrected chi connectivity index (χ4v) is 3.50. The van der Waals surface area contributed by atoms with Crippen molar-refractivity contribution in [3.63, 3.8) is 0 Å². The topological polar surface area (TPSA) is 58.4 Å². The van der Waals surface area contributed by atoms with E-state index in [2.05, 4.69) is 5.32 Å². The number of benzene rings is 2. The highest BCUT2D eigenvalue weighted by molar-refractivity contribution is 6.00. The van der Waals surface area contributed by atoms with Crippen LogP contribution in [0.3, 0.4) is 0 Å². The van der Waals surface area contributed by atoms with E-state index < -0.39 is 11.7 Å². The Kier molecular flexibility index (Phi) is 7.54. The van der Waals surface area contributed by atoms with Gasteiger partial charge in [0.25, 0.3) is 5.91 Å². The molecule has 2 unspecified atom stereocenters. The minimum atomic E-state index is -4.42. The lowest BCUT2D eigenvalue weighted by atomic mass is 9.91. The molecule has 1 fully saturated rings. The Morgan fingerprint density at radius 2 is 1.93 bits per heavy atom. The van der Waals surface area contributed by atoms with Gasteiger partial charge in [0.2, 0.25) is 0 Å². The number of anilines is 2. The molecule has 3 rings (SSSR count). The second kappa shape index (κ2) is 9.50. The van der Waals surface area contributed by atoms with Gasteiger partial charge in [-0.1, -0.05) is 18.2 Å². The molecule has 4 nitrogen and oxygen atoms in total. The van der Waals surface area contributed by atoms with Crippen molar-refractivity contribution in [3.05, 3.63) is 59.7 Å². The van der Waals surface area contributed by atoms with Gasteiger partial charge in [-0.25, -0.2) is 0 Å². The summed E-state index contributed by atoms with van der Waals surface area (Å²) in [5.74, 6) is 0.113. The van der Waals surface area contributed by atoms with E-state index in [1.165, 1.54) is 6.07 Å². The maximum atomic E-state index is 13.1. The molecule has 1 amide bonds. The van der Waals surface area contributed by atoms with Crippen molar-refractivity contribution >= 4 is 29.7 Å². The third-order valence-electron chi connectivity index (χ3n) is 5.12. The van der Waals surface area contributed by atoms with Gasteiger partial charge >= 0.3 is 6.18 Å². The molecular formula is C21H25ClF3N3O. The Morgan fingerprint density at radius 3 is 2.62 bits per heavy atom. The van der Waals surface area contributed by atoms with Crippen LogP contribution in [0.2, 0.25) is 0 Å². The van der Waals surface area contributed by atoms with Gasteiger partial charge in [-0.2, -0.15) is 13.2 Å². The van der Waals surface area contributed by atoms with Crippen LogP contribution in [0, 0.1) is 5.92 Å². The maximum absolute atomic E-state index is 13.1. The number of para-hydroxylation sites is 1. The summed E-state index contributed by atoms with van der Waals surface area (Å²) in [6, 6.07) is 11.8. The van der Waals surface area contributed by atoms with Crippen LogP contribution in [-0.2, 0) is 6.18 Å². The SMILES string of the molecule is CC(N)C1CCCN(C(=O)c2ccccc2Nc2cccc(C(F)(F)F)c2)C1.Cl. The Labute approximate surface area is 174 Å². The van der Waals surface area contributed by atoms with Crippen molar-refractivity contribution in [3.8, 4) is 0 Å². The third-order valence-corrected chi connectivity index (χ3v) is 5.12. The van der Waals surface area contributed by atoms with E-state index in [1.54, 1.807) is 35.2 Å². The predicted octanol–water partition coefficient (Wildman–Crippen LogP) is 5.07. The van der Waals surface area contributed by atoms with E-state index >= 15 is 0 Å². The summed E-state index contributed by atoms with van der Waals surface area (Å²) in [6.07, 6.45) is -2.54. The number of hydrogen-bond acceptors (Lipinski definition) is 3.